The predicted octanol–water partition coefficient (Wildman–Crippen LogP) is 3.29. The van der Waals surface area contributed by atoms with Gasteiger partial charge in [-0.3, -0.25) is 4.79 Å². The minimum absolute atomic E-state index is 0.0181. The van der Waals surface area contributed by atoms with Crippen molar-refractivity contribution in [2.45, 2.75) is 20.3 Å². The number of hydrogen-bond acceptors (Lipinski definition) is 4. The summed E-state index contributed by atoms with van der Waals surface area (Å²) in [6.45, 7) is 4.53. The molecule has 2 aromatic carbocycles. The van der Waals surface area contributed by atoms with Gasteiger partial charge in [0.05, 0.1) is 17.9 Å². The number of nitrogens with one attached hydrogen (secondary N) is 1. The third-order valence-corrected chi connectivity index (χ3v) is 4.44. The van der Waals surface area contributed by atoms with Crippen LogP contribution in [-0.2, 0) is 11.2 Å². The molecule has 1 heterocycles. The van der Waals surface area contributed by atoms with Gasteiger partial charge >= 0.3 is 0 Å². The van der Waals surface area contributed by atoms with Crippen molar-refractivity contribution in [2.75, 3.05) is 18.0 Å². The Kier molecular flexibility index (Phi) is 5.54. The monoisotopic (exact) mass is 366 g/mol. The molecule has 0 aliphatic carbocycles. The van der Waals surface area contributed by atoms with Crippen molar-refractivity contribution >= 4 is 23.0 Å². The number of aliphatic imine (C=N–C) groups is 1. The van der Waals surface area contributed by atoms with Crippen molar-refractivity contribution in [2.24, 2.45) is 10.7 Å². The Hall–Kier alpha value is -3.15. The maximum atomic E-state index is 14.3. The van der Waals surface area contributed by atoms with E-state index >= 15 is 0 Å². The van der Waals surface area contributed by atoms with Crippen LogP contribution in [0.15, 0.2) is 64.9 Å². The zero-order valence-corrected chi connectivity index (χ0v) is 15.5. The largest absolute Gasteiger partial charge is 0.383 e. The first-order valence-electron chi connectivity index (χ1n) is 9.02. The van der Waals surface area contributed by atoms with E-state index in [1.54, 1.807) is 23.1 Å². The number of amidine groups is 1. The Bertz CT molecular complexity index is 920. The van der Waals surface area contributed by atoms with Gasteiger partial charge in [0.15, 0.2) is 5.78 Å². The van der Waals surface area contributed by atoms with E-state index in [9.17, 15) is 9.18 Å². The molecule has 0 spiro atoms. The number of ketones is 1. The Labute approximate surface area is 158 Å². The summed E-state index contributed by atoms with van der Waals surface area (Å²) in [5.41, 5.74) is 8.64. The van der Waals surface area contributed by atoms with E-state index in [1.807, 2.05) is 38.1 Å². The van der Waals surface area contributed by atoms with Gasteiger partial charge in [-0.15, -0.1) is 0 Å². The van der Waals surface area contributed by atoms with Crippen LogP contribution in [0.4, 0.5) is 15.8 Å². The number of Topliss-reactive ketones (excluding diaryl/α,β-unsaturated/α-hetero) is 1. The molecule has 27 heavy (non-hydrogen) atoms. The minimum atomic E-state index is -0.395. The lowest BCUT2D eigenvalue weighted by molar-refractivity contribution is -0.113. The summed E-state index contributed by atoms with van der Waals surface area (Å²) in [6.07, 6.45) is 0.807. The third-order valence-electron chi connectivity index (χ3n) is 4.44. The molecule has 6 heteroatoms. The molecule has 0 saturated carbocycles. The van der Waals surface area contributed by atoms with Crippen molar-refractivity contribution in [3.8, 4) is 0 Å². The summed E-state index contributed by atoms with van der Waals surface area (Å²) >= 11 is 0. The number of benzene rings is 2. The number of carbonyl (C=O) groups excluding carboxylic acids is 1. The molecule has 0 amide bonds. The van der Waals surface area contributed by atoms with Crippen LogP contribution < -0.4 is 16.0 Å². The topological polar surface area (TPSA) is 70.7 Å². The maximum Gasteiger partial charge on any atom is 0.189 e. The van der Waals surface area contributed by atoms with Gasteiger partial charge in [0.25, 0.3) is 0 Å². The van der Waals surface area contributed by atoms with E-state index in [4.69, 9.17) is 5.73 Å². The molecule has 5 nitrogen and oxygen atoms in total. The summed E-state index contributed by atoms with van der Waals surface area (Å²) in [7, 11) is 0. The second-order valence-electron chi connectivity index (χ2n) is 6.19. The van der Waals surface area contributed by atoms with E-state index in [0.717, 1.165) is 17.7 Å². The average Bonchev–Trinajstić information content (AvgIpc) is 2.99. The number of anilines is 1. The van der Waals surface area contributed by atoms with Crippen LogP contribution in [0, 0.1) is 5.82 Å². The van der Waals surface area contributed by atoms with E-state index < -0.39 is 5.82 Å². The molecule has 3 N–H and O–H groups in total. The number of nitrogens with two attached hydrogens (primary N) is 1. The molecule has 2 aromatic rings. The molecule has 0 bridgehead atoms. The molecule has 0 atom stereocenters. The standard InChI is InChI=1S/C21H23FN4O/c1-3-14-9-5-7-11-16(14)25-20(23)19-18(27)13-26(21(19)24-4-2)17-12-8-6-10-15(17)22/h5-12,24H,3-4,13H2,1-2H3,(H2,23,25). The van der Waals surface area contributed by atoms with Crippen molar-refractivity contribution < 1.29 is 9.18 Å². The number of rotatable bonds is 6. The SMILES string of the molecule is CCNC1=C(/C(N)=N/c2ccccc2CC)C(=O)CN1c1ccccc1F. The van der Waals surface area contributed by atoms with Crippen LogP contribution in [0.3, 0.4) is 0 Å². The maximum absolute atomic E-state index is 14.3. The first kappa shape index (κ1) is 18.6. The zero-order chi connectivity index (χ0) is 19.4. The average molecular weight is 366 g/mol. The molecule has 1 aliphatic heterocycles. The van der Waals surface area contributed by atoms with Gasteiger partial charge in [-0.25, -0.2) is 9.38 Å². The van der Waals surface area contributed by atoms with Crippen molar-refractivity contribution in [1.29, 1.82) is 0 Å². The number of aryl methyl sites for hydroxylation is 1. The summed E-state index contributed by atoms with van der Waals surface area (Å²) in [4.78, 5) is 18.8. The van der Waals surface area contributed by atoms with E-state index in [0.29, 0.717) is 23.6 Å². The van der Waals surface area contributed by atoms with Crippen LogP contribution in [0.25, 0.3) is 0 Å². The first-order valence-corrected chi connectivity index (χ1v) is 9.02. The highest BCUT2D eigenvalue weighted by molar-refractivity contribution is 6.25. The normalized spacial score (nSPS) is 14.9. The number of hydrogen-bond donors (Lipinski definition) is 2. The van der Waals surface area contributed by atoms with Gasteiger partial charge in [-0.2, -0.15) is 0 Å². The van der Waals surface area contributed by atoms with Gasteiger partial charge in [0, 0.05) is 6.54 Å². The van der Waals surface area contributed by atoms with Gasteiger partial charge in [-0.1, -0.05) is 37.3 Å². The highest BCUT2D eigenvalue weighted by atomic mass is 19.1. The zero-order valence-electron chi connectivity index (χ0n) is 15.5. The smallest absolute Gasteiger partial charge is 0.189 e. The Morgan fingerprint density at radius 3 is 2.59 bits per heavy atom. The van der Waals surface area contributed by atoms with Crippen LogP contribution in [0.1, 0.15) is 19.4 Å². The molecule has 0 unspecified atom stereocenters. The molecule has 0 radical (unpaired) electrons. The molecular weight excluding hydrogens is 343 g/mol. The van der Waals surface area contributed by atoms with Gasteiger partial charge < -0.3 is 16.0 Å². The quantitative estimate of drug-likeness (QED) is 0.608. The second-order valence-corrected chi connectivity index (χ2v) is 6.19. The Balaban J connectivity index is 2.08. The molecule has 0 fully saturated rings. The molecule has 0 aromatic heterocycles. The predicted molar refractivity (Wildman–Crippen MR) is 107 cm³/mol. The van der Waals surface area contributed by atoms with E-state index in [1.165, 1.54) is 6.07 Å². The fourth-order valence-electron chi connectivity index (χ4n) is 3.16. The highest BCUT2D eigenvalue weighted by Crippen LogP contribution is 2.29. The van der Waals surface area contributed by atoms with Crippen molar-refractivity contribution in [3.63, 3.8) is 0 Å². The lowest BCUT2D eigenvalue weighted by Gasteiger charge is -2.23. The van der Waals surface area contributed by atoms with Crippen LogP contribution >= 0.6 is 0 Å². The first-order chi connectivity index (χ1) is 13.1. The van der Waals surface area contributed by atoms with Crippen molar-refractivity contribution in [1.82, 2.24) is 5.32 Å². The van der Waals surface area contributed by atoms with Gasteiger partial charge in [-0.05, 0) is 37.1 Å². The lowest BCUT2D eigenvalue weighted by Crippen LogP contribution is -2.30. The number of nitrogens with zero attached hydrogens (tertiary/aromatic N) is 2. The Morgan fingerprint density at radius 1 is 1.19 bits per heavy atom. The molecule has 1 aliphatic rings. The van der Waals surface area contributed by atoms with Crippen LogP contribution in [0.5, 0.6) is 0 Å². The molecule has 0 saturated heterocycles. The second kappa shape index (κ2) is 8.03. The fraction of sp³-hybridized carbons (Fsp3) is 0.238. The lowest BCUT2D eigenvalue weighted by atomic mass is 10.1. The Morgan fingerprint density at radius 2 is 1.89 bits per heavy atom. The summed E-state index contributed by atoms with van der Waals surface area (Å²) in [6, 6.07) is 14.0. The highest BCUT2D eigenvalue weighted by Gasteiger charge is 2.34. The van der Waals surface area contributed by atoms with Crippen molar-refractivity contribution in [3.05, 3.63) is 71.3 Å². The molecule has 140 valence electrons. The summed E-state index contributed by atoms with van der Waals surface area (Å²) in [5, 5.41) is 3.15. The fourth-order valence-corrected chi connectivity index (χ4v) is 3.16. The number of para-hydroxylation sites is 2. The summed E-state index contributed by atoms with van der Waals surface area (Å²) in [5.74, 6) is 0.0387. The van der Waals surface area contributed by atoms with Gasteiger partial charge in [0.2, 0.25) is 0 Å². The number of carbonyl (C=O) groups is 1. The van der Waals surface area contributed by atoms with E-state index in [-0.39, 0.29) is 18.2 Å². The minimum Gasteiger partial charge on any atom is -0.383 e. The summed E-state index contributed by atoms with van der Waals surface area (Å²) < 4.78 is 14.3. The molecule has 3 rings (SSSR count). The van der Waals surface area contributed by atoms with E-state index in [2.05, 4.69) is 10.3 Å². The molecular formula is C21H23FN4O. The third kappa shape index (κ3) is 3.69. The number of halogens is 1. The van der Waals surface area contributed by atoms with Crippen LogP contribution in [0.2, 0.25) is 0 Å². The van der Waals surface area contributed by atoms with Crippen LogP contribution in [-0.4, -0.2) is 24.7 Å². The van der Waals surface area contributed by atoms with Gasteiger partial charge in [0.1, 0.15) is 23.0 Å².